The molecule has 0 fully saturated rings. The third-order valence-electron chi connectivity index (χ3n) is 1.44. The van der Waals surface area contributed by atoms with Crippen LogP contribution < -0.4 is 0 Å². The van der Waals surface area contributed by atoms with Crippen molar-refractivity contribution in [2.24, 2.45) is 0 Å². The van der Waals surface area contributed by atoms with Crippen LogP contribution >= 0.6 is 15.9 Å². The van der Waals surface area contributed by atoms with E-state index in [2.05, 4.69) is 27.8 Å². The lowest BCUT2D eigenvalue weighted by Crippen LogP contribution is -1.92. The summed E-state index contributed by atoms with van der Waals surface area (Å²) in [6, 6.07) is 3.57. The van der Waals surface area contributed by atoms with Crippen LogP contribution in [0.3, 0.4) is 0 Å². The largest absolute Gasteiger partial charge is 0.304 e. The molecular formula is C9H5BrFNO2. The Kier molecular flexibility index (Phi) is 3.60. The molecule has 0 saturated heterocycles. The van der Waals surface area contributed by atoms with Crippen molar-refractivity contribution in [3.63, 3.8) is 0 Å². The maximum atomic E-state index is 13.0. The summed E-state index contributed by atoms with van der Waals surface area (Å²) in [5.74, 6) is 4.45. The summed E-state index contributed by atoms with van der Waals surface area (Å²) in [6.07, 6.45) is 0. The van der Waals surface area contributed by atoms with Gasteiger partial charge in [-0.3, -0.25) is 10.1 Å². The van der Waals surface area contributed by atoms with E-state index in [9.17, 15) is 14.5 Å². The van der Waals surface area contributed by atoms with Crippen molar-refractivity contribution in [1.82, 2.24) is 0 Å². The lowest BCUT2D eigenvalue weighted by molar-refractivity contribution is -0.387. The second-order valence-corrected chi connectivity index (χ2v) is 2.92. The third-order valence-corrected chi connectivity index (χ3v) is 1.72. The maximum Gasteiger partial charge on any atom is 0.304 e. The van der Waals surface area contributed by atoms with Crippen LogP contribution in [0.4, 0.5) is 10.1 Å². The normalized spacial score (nSPS) is 9.00. The molecule has 0 aliphatic rings. The molecule has 1 rings (SSSR count). The van der Waals surface area contributed by atoms with E-state index >= 15 is 0 Å². The van der Waals surface area contributed by atoms with Gasteiger partial charge in [0.25, 0.3) is 0 Å². The van der Waals surface area contributed by atoms with Crippen molar-refractivity contribution in [2.75, 3.05) is 5.33 Å². The van der Waals surface area contributed by atoms with Crippen molar-refractivity contribution >= 4 is 21.6 Å². The second kappa shape index (κ2) is 4.72. The molecule has 0 aliphatic carbocycles. The van der Waals surface area contributed by atoms with E-state index in [1.54, 1.807) is 0 Å². The van der Waals surface area contributed by atoms with Gasteiger partial charge in [0.1, 0.15) is 0 Å². The zero-order valence-corrected chi connectivity index (χ0v) is 8.54. The third kappa shape index (κ3) is 2.54. The highest BCUT2D eigenvalue weighted by atomic mass is 79.9. The minimum Gasteiger partial charge on any atom is -0.258 e. The first-order valence-electron chi connectivity index (χ1n) is 3.64. The van der Waals surface area contributed by atoms with Crippen LogP contribution in [-0.4, -0.2) is 10.3 Å². The molecule has 72 valence electrons. The molecule has 0 radical (unpaired) electrons. The molecule has 14 heavy (non-hydrogen) atoms. The molecule has 0 heterocycles. The Balaban J connectivity index is 3.06. The minimum absolute atomic E-state index is 0.424. The van der Waals surface area contributed by atoms with Gasteiger partial charge in [-0.15, -0.1) is 0 Å². The minimum atomic E-state index is -0.864. The van der Waals surface area contributed by atoms with Gasteiger partial charge in [-0.2, -0.15) is 4.39 Å². The van der Waals surface area contributed by atoms with E-state index in [0.29, 0.717) is 10.9 Å². The van der Waals surface area contributed by atoms with Crippen LogP contribution in [0.15, 0.2) is 18.2 Å². The highest BCUT2D eigenvalue weighted by Gasteiger charge is 2.12. The van der Waals surface area contributed by atoms with E-state index in [0.717, 1.165) is 12.1 Å². The molecule has 0 spiro atoms. The summed E-state index contributed by atoms with van der Waals surface area (Å²) in [5.41, 5.74) is -0.109. The molecule has 1 aromatic carbocycles. The first kappa shape index (κ1) is 10.7. The number of nitro benzene ring substituents is 1. The van der Waals surface area contributed by atoms with Crippen molar-refractivity contribution < 1.29 is 9.31 Å². The molecule has 0 bridgehead atoms. The number of alkyl halides is 1. The maximum absolute atomic E-state index is 13.0. The van der Waals surface area contributed by atoms with E-state index in [1.807, 2.05) is 0 Å². The molecule has 1 aromatic rings. The van der Waals surface area contributed by atoms with Crippen LogP contribution in [0.1, 0.15) is 5.56 Å². The van der Waals surface area contributed by atoms with Gasteiger partial charge >= 0.3 is 5.69 Å². The van der Waals surface area contributed by atoms with Crippen LogP contribution in [0.25, 0.3) is 0 Å². The number of nitro groups is 1. The van der Waals surface area contributed by atoms with Crippen molar-refractivity contribution in [1.29, 1.82) is 0 Å². The molecule has 0 atom stereocenters. The summed E-state index contributed by atoms with van der Waals surface area (Å²) in [4.78, 5) is 9.50. The Hall–Kier alpha value is -1.41. The van der Waals surface area contributed by atoms with Crippen molar-refractivity contribution in [3.8, 4) is 11.8 Å². The summed E-state index contributed by atoms with van der Waals surface area (Å²) in [7, 11) is 0. The van der Waals surface area contributed by atoms with E-state index in [4.69, 9.17) is 0 Å². The van der Waals surface area contributed by atoms with Gasteiger partial charge in [0.05, 0.1) is 10.3 Å². The van der Waals surface area contributed by atoms with Crippen LogP contribution in [0, 0.1) is 27.8 Å². The molecule has 3 nitrogen and oxygen atoms in total. The van der Waals surface area contributed by atoms with E-state index in [1.165, 1.54) is 6.07 Å². The monoisotopic (exact) mass is 257 g/mol. The Bertz CT molecular complexity index is 423. The summed E-state index contributed by atoms with van der Waals surface area (Å²) >= 11 is 3.09. The zero-order chi connectivity index (χ0) is 10.6. The number of nitrogens with zero attached hydrogens (tertiary/aromatic N) is 1. The number of halogens is 2. The van der Waals surface area contributed by atoms with Gasteiger partial charge in [0, 0.05) is 11.6 Å². The Morgan fingerprint density at radius 2 is 2.29 bits per heavy atom. The summed E-state index contributed by atoms with van der Waals surface area (Å²) in [5, 5.41) is 10.7. The second-order valence-electron chi connectivity index (χ2n) is 2.36. The van der Waals surface area contributed by atoms with Crippen molar-refractivity contribution in [2.45, 2.75) is 0 Å². The predicted molar refractivity (Wildman–Crippen MR) is 53.7 cm³/mol. The van der Waals surface area contributed by atoms with Crippen LogP contribution in [0.2, 0.25) is 0 Å². The summed E-state index contributed by atoms with van der Waals surface area (Å²) < 4.78 is 13.0. The molecule has 0 saturated carbocycles. The Morgan fingerprint density at radius 3 is 2.79 bits per heavy atom. The van der Waals surface area contributed by atoms with Crippen LogP contribution in [0.5, 0.6) is 0 Å². The number of benzene rings is 1. The zero-order valence-electron chi connectivity index (χ0n) is 6.96. The average molecular weight is 258 g/mol. The fraction of sp³-hybridized carbons (Fsp3) is 0.111. The van der Waals surface area contributed by atoms with Gasteiger partial charge in [-0.05, 0) is 12.1 Å². The fourth-order valence-electron chi connectivity index (χ4n) is 0.868. The van der Waals surface area contributed by atoms with E-state index < -0.39 is 16.4 Å². The standard InChI is InChI=1S/C9H5BrFNO2/c10-5-1-2-7-3-4-9(12(13)14)8(11)6-7/h3-4,6H,5H2. The van der Waals surface area contributed by atoms with Gasteiger partial charge in [-0.25, -0.2) is 0 Å². The van der Waals surface area contributed by atoms with Crippen LogP contribution in [-0.2, 0) is 0 Å². The highest BCUT2D eigenvalue weighted by molar-refractivity contribution is 9.09. The molecule has 0 amide bonds. The lowest BCUT2D eigenvalue weighted by atomic mass is 10.2. The Labute approximate surface area is 88.2 Å². The lowest BCUT2D eigenvalue weighted by Gasteiger charge is -1.93. The molecule has 5 heteroatoms. The van der Waals surface area contributed by atoms with Gasteiger partial charge in [-0.1, -0.05) is 27.8 Å². The first-order chi connectivity index (χ1) is 6.65. The van der Waals surface area contributed by atoms with Gasteiger partial charge in [0.2, 0.25) is 5.82 Å². The quantitative estimate of drug-likeness (QED) is 0.336. The molecule has 0 aromatic heterocycles. The topological polar surface area (TPSA) is 43.1 Å². The van der Waals surface area contributed by atoms with Crippen molar-refractivity contribution in [3.05, 3.63) is 39.7 Å². The number of hydrogen-bond acceptors (Lipinski definition) is 2. The SMILES string of the molecule is O=[N+]([O-])c1ccc(C#CCBr)cc1F. The van der Waals surface area contributed by atoms with Gasteiger partial charge in [0.15, 0.2) is 0 Å². The molecule has 0 N–H and O–H groups in total. The fourth-order valence-corrected chi connectivity index (χ4v) is 1.01. The number of hydrogen-bond donors (Lipinski definition) is 0. The first-order valence-corrected chi connectivity index (χ1v) is 4.76. The Morgan fingerprint density at radius 1 is 1.57 bits per heavy atom. The summed E-state index contributed by atoms with van der Waals surface area (Å²) in [6.45, 7) is 0. The smallest absolute Gasteiger partial charge is 0.258 e. The molecule has 0 unspecified atom stereocenters. The molecular weight excluding hydrogens is 253 g/mol. The highest BCUT2D eigenvalue weighted by Crippen LogP contribution is 2.17. The van der Waals surface area contributed by atoms with Gasteiger partial charge < -0.3 is 0 Å². The molecule has 0 aliphatic heterocycles. The average Bonchev–Trinajstić information content (AvgIpc) is 2.14. The number of rotatable bonds is 1. The predicted octanol–water partition coefficient (Wildman–Crippen LogP) is 2.48. The van der Waals surface area contributed by atoms with E-state index in [-0.39, 0.29) is 0 Å².